The number of hydrogen-bond acceptors (Lipinski definition) is 3. The number of aliphatic carboxylic acids is 1. The van der Waals surface area contributed by atoms with E-state index in [0.29, 0.717) is 12.1 Å². The Morgan fingerprint density at radius 2 is 2.11 bits per heavy atom. The van der Waals surface area contributed by atoms with Crippen molar-refractivity contribution in [1.29, 1.82) is 0 Å². The summed E-state index contributed by atoms with van der Waals surface area (Å²) in [6.07, 6.45) is 6.20. The van der Waals surface area contributed by atoms with Gasteiger partial charge in [0, 0.05) is 18.1 Å². The van der Waals surface area contributed by atoms with Crippen molar-refractivity contribution in [2.45, 2.75) is 83.0 Å². The van der Waals surface area contributed by atoms with Crippen molar-refractivity contribution in [3.8, 4) is 0 Å². The molecule has 1 saturated heterocycles. The number of nitrogens with zero attached hydrogens (tertiary/aromatic N) is 1. The van der Waals surface area contributed by atoms with Gasteiger partial charge in [-0.3, -0.25) is 15.0 Å². The average molecular weight is 268 g/mol. The second kappa shape index (κ2) is 5.80. The molecule has 110 valence electrons. The van der Waals surface area contributed by atoms with E-state index in [2.05, 4.69) is 17.1 Å². The molecule has 0 aromatic rings. The molecule has 2 rings (SSSR count). The molecule has 2 fully saturated rings. The van der Waals surface area contributed by atoms with Crippen LogP contribution in [0.4, 0.5) is 0 Å². The molecule has 3 unspecified atom stereocenters. The van der Waals surface area contributed by atoms with Gasteiger partial charge in [0.1, 0.15) is 5.54 Å². The van der Waals surface area contributed by atoms with Crippen LogP contribution in [-0.2, 0) is 4.79 Å². The summed E-state index contributed by atoms with van der Waals surface area (Å²) in [5.41, 5.74) is -0.709. The Labute approximate surface area is 116 Å². The molecule has 1 saturated carbocycles. The van der Waals surface area contributed by atoms with Gasteiger partial charge in [-0.15, -0.1) is 0 Å². The summed E-state index contributed by atoms with van der Waals surface area (Å²) in [4.78, 5) is 14.3. The average Bonchev–Trinajstić information content (AvgIpc) is 2.74. The molecule has 2 N–H and O–H groups in total. The highest BCUT2D eigenvalue weighted by Gasteiger charge is 2.45. The van der Waals surface area contributed by atoms with E-state index in [1.165, 1.54) is 12.8 Å². The molecule has 4 nitrogen and oxygen atoms in total. The topological polar surface area (TPSA) is 52.6 Å². The largest absolute Gasteiger partial charge is 0.480 e. The lowest BCUT2D eigenvalue weighted by Crippen LogP contribution is -2.60. The van der Waals surface area contributed by atoms with Crippen molar-refractivity contribution in [3.63, 3.8) is 0 Å². The van der Waals surface area contributed by atoms with Crippen LogP contribution in [-0.4, -0.2) is 46.2 Å². The molecule has 0 aromatic carbocycles. The number of likely N-dealkylation sites (tertiary alicyclic amines) is 1. The zero-order chi connectivity index (χ0) is 14.0. The van der Waals surface area contributed by atoms with Gasteiger partial charge in [-0.25, -0.2) is 0 Å². The SMILES string of the molecule is CC(C)NC1(C(=O)O)CCCC(N2CCCC2C)C1. The predicted molar refractivity (Wildman–Crippen MR) is 76.3 cm³/mol. The summed E-state index contributed by atoms with van der Waals surface area (Å²) in [7, 11) is 0. The maximum atomic E-state index is 11.8. The Kier molecular flexibility index (Phi) is 4.51. The molecular weight excluding hydrogens is 240 g/mol. The van der Waals surface area contributed by atoms with Crippen LogP contribution < -0.4 is 5.32 Å². The Morgan fingerprint density at radius 1 is 1.37 bits per heavy atom. The van der Waals surface area contributed by atoms with Gasteiger partial charge in [-0.05, 0) is 65.8 Å². The van der Waals surface area contributed by atoms with E-state index < -0.39 is 11.5 Å². The monoisotopic (exact) mass is 268 g/mol. The number of carboxylic acid groups (broad SMARTS) is 1. The van der Waals surface area contributed by atoms with Crippen LogP contribution in [0.5, 0.6) is 0 Å². The second-order valence-corrected chi connectivity index (χ2v) is 6.67. The van der Waals surface area contributed by atoms with Crippen molar-refractivity contribution < 1.29 is 9.90 Å². The maximum absolute atomic E-state index is 11.8. The fourth-order valence-electron chi connectivity index (χ4n) is 3.97. The number of carboxylic acids is 1. The molecular formula is C15H28N2O2. The first-order valence-electron chi connectivity index (χ1n) is 7.71. The van der Waals surface area contributed by atoms with Crippen LogP contribution in [0.3, 0.4) is 0 Å². The summed E-state index contributed by atoms with van der Waals surface area (Å²) in [5.74, 6) is -0.669. The fraction of sp³-hybridized carbons (Fsp3) is 0.933. The summed E-state index contributed by atoms with van der Waals surface area (Å²) in [6.45, 7) is 7.49. The molecule has 3 atom stereocenters. The molecule has 4 heteroatoms. The number of hydrogen-bond donors (Lipinski definition) is 2. The molecule has 0 bridgehead atoms. The van der Waals surface area contributed by atoms with Crippen molar-refractivity contribution in [1.82, 2.24) is 10.2 Å². The van der Waals surface area contributed by atoms with Gasteiger partial charge in [-0.2, -0.15) is 0 Å². The first-order valence-corrected chi connectivity index (χ1v) is 7.71. The van der Waals surface area contributed by atoms with Gasteiger partial charge in [-0.1, -0.05) is 0 Å². The Hall–Kier alpha value is -0.610. The first-order chi connectivity index (χ1) is 8.94. The van der Waals surface area contributed by atoms with Crippen molar-refractivity contribution in [2.75, 3.05) is 6.54 Å². The molecule has 0 aromatic heterocycles. The Balaban J connectivity index is 2.11. The smallest absolute Gasteiger partial charge is 0.323 e. The van der Waals surface area contributed by atoms with E-state index in [1.54, 1.807) is 0 Å². The third kappa shape index (κ3) is 3.11. The highest BCUT2D eigenvalue weighted by atomic mass is 16.4. The quantitative estimate of drug-likeness (QED) is 0.821. The molecule has 0 amide bonds. The second-order valence-electron chi connectivity index (χ2n) is 6.67. The lowest BCUT2D eigenvalue weighted by Gasteiger charge is -2.44. The minimum absolute atomic E-state index is 0.214. The third-order valence-electron chi connectivity index (χ3n) is 4.77. The van der Waals surface area contributed by atoms with Gasteiger partial charge in [0.25, 0.3) is 0 Å². The molecule has 1 heterocycles. The summed E-state index contributed by atoms with van der Waals surface area (Å²) >= 11 is 0. The maximum Gasteiger partial charge on any atom is 0.323 e. The zero-order valence-corrected chi connectivity index (χ0v) is 12.5. The van der Waals surface area contributed by atoms with Gasteiger partial charge in [0.15, 0.2) is 0 Å². The fourth-order valence-corrected chi connectivity index (χ4v) is 3.97. The van der Waals surface area contributed by atoms with Crippen molar-refractivity contribution in [2.24, 2.45) is 0 Å². The zero-order valence-electron chi connectivity index (χ0n) is 12.5. The molecule has 0 radical (unpaired) electrons. The van der Waals surface area contributed by atoms with Crippen molar-refractivity contribution >= 4 is 5.97 Å². The van der Waals surface area contributed by atoms with Gasteiger partial charge >= 0.3 is 5.97 Å². The highest BCUT2D eigenvalue weighted by Crippen LogP contribution is 2.35. The lowest BCUT2D eigenvalue weighted by atomic mass is 9.77. The number of nitrogens with one attached hydrogen (secondary N) is 1. The van der Waals surface area contributed by atoms with Crippen LogP contribution in [0.2, 0.25) is 0 Å². The van der Waals surface area contributed by atoms with E-state index >= 15 is 0 Å². The number of carbonyl (C=O) groups is 1. The Bertz CT molecular complexity index is 332. The van der Waals surface area contributed by atoms with Crippen LogP contribution >= 0.6 is 0 Å². The van der Waals surface area contributed by atoms with E-state index in [1.807, 2.05) is 13.8 Å². The molecule has 2 aliphatic rings. The van der Waals surface area contributed by atoms with Gasteiger partial charge in [0.05, 0.1) is 0 Å². The Morgan fingerprint density at radius 3 is 2.63 bits per heavy atom. The van der Waals surface area contributed by atoms with Crippen LogP contribution in [0.25, 0.3) is 0 Å². The van der Waals surface area contributed by atoms with Gasteiger partial charge in [0.2, 0.25) is 0 Å². The third-order valence-corrected chi connectivity index (χ3v) is 4.77. The lowest BCUT2D eigenvalue weighted by molar-refractivity contribution is -0.148. The van der Waals surface area contributed by atoms with E-state index in [0.717, 1.165) is 32.2 Å². The van der Waals surface area contributed by atoms with E-state index in [4.69, 9.17) is 0 Å². The molecule has 1 aliphatic carbocycles. The summed E-state index contributed by atoms with van der Waals surface area (Å²) < 4.78 is 0. The van der Waals surface area contributed by atoms with E-state index in [9.17, 15) is 9.90 Å². The highest BCUT2D eigenvalue weighted by molar-refractivity contribution is 5.79. The molecule has 0 spiro atoms. The van der Waals surface area contributed by atoms with Crippen LogP contribution in [0.15, 0.2) is 0 Å². The van der Waals surface area contributed by atoms with Gasteiger partial charge < -0.3 is 5.11 Å². The standard InChI is InChI=1S/C15H28N2O2/c1-11(2)16-15(14(18)19)8-4-7-13(10-15)17-9-5-6-12(17)3/h11-13,16H,4-10H2,1-3H3,(H,18,19). The normalized spacial score (nSPS) is 36.8. The number of rotatable bonds is 4. The first kappa shape index (κ1) is 14.8. The molecule has 1 aliphatic heterocycles. The minimum Gasteiger partial charge on any atom is -0.480 e. The minimum atomic E-state index is -0.709. The van der Waals surface area contributed by atoms with E-state index in [-0.39, 0.29) is 6.04 Å². The van der Waals surface area contributed by atoms with Crippen LogP contribution in [0, 0.1) is 0 Å². The van der Waals surface area contributed by atoms with Crippen molar-refractivity contribution in [3.05, 3.63) is 0 Å². The molecule has 19 heavy (non-hydrogen) atoms. The summed E-state index contributed by atoms with van der Waals surface area (Å²) in [6, 6.07) is 1.27. The summed E-state index contributed by atoms with van der Waals surface area (Å²) in [5, 5.41) is 13.0. The van der Waals surface area contributed by atoms with Crippen LogP contribution in [0.1, 0.15) is 59.3 Å². The predicted octanol–water partition coefficient (Wildman–Crippen LogP) is 2.23.